The molecule has 0 aliphatic heterocycles. The molecule has 62 valence electrons. The molecule has 2 nitrogen and oxygen atoms in total. The maximum absolute atomic E-state index is 4.16. The SMILES string of the molecule is C=N/C(C)=c1\c(C)nccc1=C. The number of aromatic nitrogens is 1. The summed E-state index contributed by atoms with van der Waals surface area (Å²) in [7, 11) is 0. The van der Waals surface area contributed by atoms with Gasteiger partial charge in [0.25, 0.3) is 0 Å². The lowest BCUT2D eigenvalue weighted by atomic mass is 10.2. The lowest BCUT2D eigenvalue weighted by Crippen LogP contribution is -2.28. The second-order valence-corrected chi connectivity index (χ2v) is 2.67. The van der Waals surface area contributed by atoms with Gasteiger partial charge in [-0.3, -0.25) is 9.98 Å². The Balaban J connectivity index is 3.74. The fourth-order valence-electron chi connectivity index (χ4n) is 1.19. The van der Waals surface area contributed by atoms with Crippen LogP contribution in [0.3, 0.4) is 0 Å². The predicted molar refractivity (Wildman–Crippen MR) is 52.4 cm³/mol. The zero-order chi connectivity index (χ0) is 9.14. The molecule has 0 saturated carbocycles. The number of rotatable bonds is 1. The molecule has 0 amide bonds. The number of nitrogens with zero attached hydrogens (tertiary/aromatic N) is 2. The van der Waals surface area contributed by atoms with E-state index in [1.54, 1.807) is 6.20 Å². The lowest BCUT2D eigenvalue weighted by Gasteiger charge is -1.96. The van der Waals surface area contributed by atoms with Gasteiger partial charge in [-0.15, -0.1) is 0 Å². The highest BCUT2D eigenvalue weighted by atomic mass is 14.7. The van der Waals surface area contributed by atoms with E-state index in [1.165, 1.54) is 0 Å². The molecule has 0 aliphatic rings. The minimum absolute atomic E-state index is 0.880. The predicted octanol–water partition coefficient (Wildman–Crippen LogP) is 0.629. The van der Waals surface area contributed by atoms with Crippen LogP contribution in [0.25, 0.3) is 12.3 Å². The standard InChI is InChI=1S/C10H12N2/c1-7-5-6-12-9(3)10(7)8(2)11-4/h5-6H,1,4H2,2-3H3/b10-8-. The molecule has 0 atom stereocenters. The first-order valence-electron chi connectivity index (χ1n) is 3.75. The summed E-state index contributed by atoms with van der Waals surface area (Å²) in [4.78, 5) is 8.03. The van der Waals surface area contributed by atoms with Crippen LogP contribution in [0.15, 0.2) is 17.3 Å². The van der Waals surface area contributed by atoms with Crippen molar-refractivity contribution in [3.05, 3.63) is 28.4 Å². The molecule has 1 aromatic heterocycles. The van der Waals surface area contributed by atoms with Gasteiger partial charge in [0.05, 0.1) is 0 Å². The maximum Gasteiger partial charge on any atom is 0.0468 e. The van der Waals surface area contributed by atoms with Gasteiger partial charge in [0.1, 0.15) is 0 Å². The van der Waals surface area contributed by atoms with Crippen LogP contribution >= 0.6 is 0 Å². The largest absolute Gasteiger partial charge is 0.269 e. The summed E-state index contributed by atoms with van der Waals surface area (Å²) in [6.07, 6.45) is 1.75. The van der Waals surface area contributed by atoms with Crippen molar-refractivity contribution in [3.63, 3.8) is 0 Å². The van der Waals surface area contributed by atoms with Crippen LogP contribution in [0.2, 0.25) is 0 Å². The van der Waals surface area contributed by atoms with E-state index in [0.717, 1.165) is 21.8 Å². The summed E-state index contributed by atoms with van der Waals surface area (Å²) in [5.41, 5.74) is 1.83. The van der Waals surface area contributed by atoms with Gasteiger partial charge >= 0.3 is 0 Å². The van der Waals surface area contributed by atoms with E-state index in [2.05, 4.69) is 23.3 Å². The number of hydrogen-bond donors (Lipinski definition) is 0. The summed E-state index contributed by atoms with van der Waals surface area (Å²) < 4.78 is 0. The molecule has 1 rings (SSSR count). The summed E-state index contributed by atoms with van der Waals surface area (Å²) in [6.45, 7) is 11.2. The minimum atomic E-state index is 0.880. The average molecular weight is 160 g/mol. The van der Waals surface area contributed by atoms with E-state index in [4.69, 9.17) is 0 Å². The van der Waals surface area contributed by atoms with Gasteiger partial charge in [0.2, 0.25) is 0 Å². The van der Waals surface area contributed by atoms with Gasteiger partial charge in [-0.2, -0.15) is 0 Å². The number of aliphatic imine (C=N–C) groups is 1. The van der Waals surface area contributed by atoms with Crippen molar-refractivity contribution in [2.75, 3.05) is 0 Å². The molecule has 2 heteroatoms. The molecule has 0 aromatic carbocycles. The Bertz CT molecular complexity index is 404. The Labute approximate surface area is 72.0 Å². The summed E-state index contributed by atoms with van der Waals surface area (Å²) in [5, 5.41) is 1.96. The zero-order valence-corrected chi connectivity index (χ0v) is 7.46. The van der Waals surface area contributed by atoms with Crippen LogP contribution in [0.1, 0.15) is 12.6 Å². The van der Waals surface area contributed by atoms with E-state index < -0.39 is 0 Å². The van der Waals surface area contributed by atoms with Crippen LogP contribution < -0.4 is 10.4 Å². The smallest absolute Gasteiger partial charge is 0.0468 e. The molecule has 1 heterocycles. The Morgan fingerprint density at radius 1 is 1.58 bits per heavy atom. The third-order valence-corrected chi connectivity index (χ3v) is 1.83. The first kappa shape index (κ1) is 8.65. The average Bonchev–Trinajstić information content (AvgIpc) is 2.03. The fraction of sp³-hybridized carbons (Fsp3) is 0.200. The molecule has 0 bridgehead atoms. The van der Waals surface area contributed by atoms with Crippen molar-refractivity contribution in [3.8, 4) is 0 Å². The number of hydrogen-bond acceptors (Lipinski definition) is 2. The Morgan fingerprint density at radius 3 is 2.75 bits per heavy atom. The highest BCUT2D eigenvalue weighted by Crippen LogP contribution is 1.89. The first-order valence-corrected chi connectivity index (χ1v) is 3.75. The molecule has 0 unspecified atom stereocenters. The fourth-order valence-corrected chi connectivity index (χ4v) is 1.19. The van der Waals surface area contributed by atoms with Crippen LogP contribution in [-0.2, 0) is 0 Å². The second kappa shape index (κ2) is 3.30. The normalized spacial score (nSPS) is 12.5. The highest BCUT2D eigenvalue weighted by Gasteiger charge is 1.93. The van der Waals surface area contributed by atoms with E-state index in [-0.39, 0.29) is 0 Å². The summed E-state index contributed by atoms with van der Waals surface area (Å²) in [6, 6.07) is 1.87. The van der Waals surface area contributed by atoms with Crippen molar-refractivity contribution in [1.29, 1.82) is 0 Å². The summed E-state index contributed by atoms with van der Waals surface area (Å²) >= 11 is 0. The van der Waals surface area contributed by atoms with Gasteiger partial charge in [0.15, 0.2) is 0 Å². The molecular formula is C10H12N2. The number of aryl methyl sites for hydroxylation is 1. The highest BCUT2D eigenvalue weighted by molar-refractivity contribution is 5.49. The molecule has 1 aromatic rings. The van der Waals surface area contributed by atoms with Gasteiger partial charge in [0, 0.05) is 22.8 Å². The van der Waals surface area contributed by atoms with Crippen LogP contribution in [-0.4, -0.2) is 11.7 Å². The Hall–Kier alpha value is -1.44. The van der Waals surface area contributed by atoms with Crippen LogP contribution in [0.5, 0.6) is 0 Å². The third kappa shape index (κ3) is 1.42. The van der Waals surface area contributed by atoms with Crippen LogP contribution in [0.4, 0.5) is 0 Å². The molecule has 0 spiro atoms. The van der Waals surface area contributed by atoms with E-state index in [9.17, 15) is 0 Å². The molecule has 12 heavy (non-hydrogen) atoms. The third-order valence-electron chi connectivity index (χ3n) is 1.83. The van der Waals surface area contributed by atoms with Crippen molar-refractivity contribution in [2.45, 2.75) is 13.8 Å². The molecule has 0 aliphatic carbocycles. The van der Waals surface area contributed by atoms with Crippen molar-refractivity contribution in [2.24, 2.45) is 4.99 Å². The lowest BCUT2D eigenvalue weighted by molar-refractivity contribution is 1.14. The first-order chi connectivity index (χ1) is 5.66. The topological polar surface area (TPSA) is 25.2 Å². The number of pyridine rings is 1. The Kier molecular flexibility index (Phi) is 2.38. The van der Waals surface area contributed by atoms with Crippen LogP contribution in [0, 0.1) is 6.92 Å². The van der Waals surface area contributed by atoms with Crippen molar-refractivity contribution in [1.82, 2.24) is 4.98 Å². The van der Waals surface area contributed by atoms with Crippen molar-refractivity contribution >= 4 is 19.0 Å². The van der Waals surface area contributed by atoms with Gasteiger partial charge in [-0.05, 0) is 31.9 Å². The summed E-state index contributed by atoms with van der Waals surface area (Å²) in [5.74, 6) is 0. The van der Waals surface area contributed by atoms with Gasteiger partial charge < -0.3 is 0 Å². The van der Waals surface area contributed by atoms with Gasteiger partial charge in [-0.25, -0.2) is 0 Å². The molecule has 0 N–H and O–H groups in total. The monoisotopic (exact) mass is 160 g/mol. The second-order valence-electron chi connectivity index (χ2n) is 2.67. The quantitative estimate of drug-likeness (QED) is 0.553. The van der Waals surface area contributed by atoms with E-state index >= 15 is 0 Å². The molecular weight excluding hydrogens is 148 g/mol. The van der Waals surface area contributed by atoms with Gasteiger partial charge in [-0.1, -0.05) is 6.58 Å². The maximum atomic E-state index is 4.16. The Morgan fingerprint density at radius 2 is 2.25 bits per heavy atom. The minimum Gasteiger partial charge on any atom is -0.269 e. The van der Waals surface area contributed by atoms with E-state index in [1.807, 2.05) is 19.9 Å². The van der Waals surface area contributed by atoms with E-state index in [0.29, 0.717) is 0 Å². The molecule has 0 radical (unpaired) electrons. The molecule has 0 saturated heterocycles. The molecule has 0 fully saturated rings. The zero-order valence-electron chi connectivity index (χ0n) is 7.46. The van der Waals surface area contributed by atoms with Crippen molar-refractivity contribution < 1.29 is 0 Å².